The number of benzene rings is 2. The molecule has 5 rings (SSSR count). The van der Waals surface area contributed by atoms with Gasteiger partial charge in [0.25, 0.3) is 0 Å². The van der Waals surface area contributed by atoms with Crippen molar-refractivity contribution in [3.63, 3.8) is 0 Å². The van der Waals surface area contributed by atoms with Gasteiger partial charge in [-0.05, 0) is 54.3 Å². The van der Waals surface area contributed by atoms with Crippen LogP contribution in [0.15, 0.2) is 86.3 Å². The monoisotopic (exact) mass is 447 g/mol. The van der Waals surface area contributed by atoms with E-state index in [-0.39, 0.29) is 16.5 Å². The zero-order valence-electron chi connectivity index (χ0n) is 17.8. The average molecular weight is 448 g/mol. The molecule has 32 heavy (non-hydrogen) atoms. The van der Waals surface area contributed by atoms with E-state index in [2.05, 4.69) is 35.1 Å². The van der Waals surface area contributed by atoms with Crippen molar-refractivity contribution >= 4 is 27.6 Å². The number of sulfone groups is 1. The molecule has 1 aliphatic carbocycles. The molecule has 2 atom stereocenters. The fraction of sp³-hybridized carbons (Fsp3) is 0.240. The molecular formula is C25H22FN3O2S. The van der Waals surface area contributed by atoms with Crippen molar-refractivity contribution in [3.05, 3.63) is 77.8 Å². The van der Waals surface area contributed by atoms with Crippen LogP contribution >= 0.6 is 0 Å². The molecule has 0 aromatic heterocycles. The van der Waals surface area contributed by atoms with E-state index in [4.69, 9.17) is 4.99 Å². The zero-order chi connectivity index (χ0) is 22.5. The molecule has 7 heteroatoms. The summed E-state index contributed by atoms with van der Waals surface area (Å²) in [7, 11) is -3.31. The average Bonchev–Trinajstić information content (AvgIpc) is 3.36. The molecule has 1 spiro atoms. The first-order valence-corrected chi connectivity index (χ1v) is 12.3. The lowest BCUT2D eigenvalue weighted by Gasteiger charge is -2.24. The number of nitrogens with zero attached hydrogens (tertiary/aromatic N) is 3. The first-order chi connectivity index (χ1) is 15.4. The molecule has 0 amide bonds. The molecule has 0 fully saturated rings. The van der Waals surface area contributed by atoms with E-state index in [0.29, 0.717) is 22.8 Å². The number of allylic oxidation sites excluding steroid dienone is 2. The summed E-state index contributed by atoms with van der Waals surface area (Å²) >= 11 is 0. The summed E-state index contributed by atoms with van der Waals surface area (Å²) in [5.74, 6) is -0.0664. The predicted molar refractivity (Wildman–Crippen MR) is 126 cm³/mol. The highest BCUT2D eigenvalue weighted by atomic mass is 32.2. The van der Waals surface area contributed by atoms with Crippen LogP contribution in [0.25, 0.3) is 11.1 Å². The summed E-state index contributed by atoms with van der Waals surface area (Å²) < 4.78 is 39.0. The Morgan fingerprint density at radius 1 is 1.06 bits per heavy atom. The molecule has 2 unspecified atom stereocenters. The van der Waals surface area contributed by atoms with E-state index >= 15 is 0 Å². The van der Waals surface area contributed by atoms with Crippen molar-refractivity contribution in [2.45, 2.75) is 30.7 Å². The lowest BCUT2D eigenvalue weighted by molar-refractivity contribution is 0.597. The third-order valence-corrected chi connectivity index (χ3v) is 7.98. The zero-order valence-corrected chi connectivity index (χ0v) is 18.6. The van der Waals surface area contributed by atoms with Gasteiger partial charge in [-0.3, -0.25) is 0 Å². The van der Waals surface area contributed by atoms with Crippen LogP contribution in [0.5, 0.6) is 0 Å². The molecule has 0 N–H and O–H groups in total. The van der Waals surface area contributed by atoms with Crippen LogP contribution in [0.2, 0.25) is 0 Å². The van der Waals surface area contributed by atoms with E-state index in [9.17, 15) is 12.8 Å². The van der Waals surface area contributed by atoms with E-state index in [1.807, 2.05) is 0 Å². The topological polar surface area (TPSA) is 71.2 Å². The van der Waals surface area contributed by atoms with Gasteiger partial charge < -0.3 is 0 Å². The summed E-state index contributed by atoms with van der Waals surface area (Å²) in [6.45, 7) is 3.72. The molecule has 0 radical (unpaired) electrons. The van der Waals surface area contributed by atoms with Gasteiger partial charge in [0.2, 0.25) is 0 Å². The van der Waals surface area contributed by atoms with E-state index in [0.717, 1.165) is 23.4 Å². The summed E-state index contributed by atoms with van der Waals surface area (Å²) in [4.78, 5) is 14.2. The van der Waals surface area contributed by atoms with Crippen molar-refractivity contribution in [3.8, 4) is 11.1 Å². The van der Waals surface area contributed by atoms with Crippen LogP contribution in [0.4, 0.5) is 4.39 Å². The smallest absolute Gasteiger partial charge is 0.178 e. The Morgan fingerprint density at radius 3 is 2.53 bits per heavy atom. The number of halogens is 1. The first kappa shape index (κ1) is 20.7. The molecule has 2 heterocycles. The van der Waals surface area contributed by atoms with Crippen molar-refractivity contribution < 1.29 is 12.8 Å². The van der Waals surface area contributed by atoms with Crippen molar-refractivity contribution in [1.82, 2.24) is 0 Å². The van der Waals surface area contributed by atoms with Gasteiger partial charge in [-0.2, -0.15) is 0 Å². The Labute approximate surface area is 186 Å². The lowest BCUT2D eigenvalue weighted by Crippen LogP contribution is -2.35. The van der Waals surface area contributed by atoms with Crippen LogP contribution in [0.1, 0.15) is 25.8 Å². The maximum Gasteiger partial charge on any atom is 0.178 e. The third kappa shape index (κ3) is 3.11. The van der Waals surface area contributed by atoms with Gasteiger partial charge in [-0.15, -0.1) is 0 Å². The Hall–Kier alpha value is -3.19. The van der Waals surface area contributed by atoms with Crippen LogP contribution in [0, 0.1) is 11.7 Å². The second-order valence-electron chi connectivity index (χ2n) is 8.05. The minimum atomic E-state index is -3.31. The van der Waals surface area contributed by atoms with Crippen molar-refractivity contribution in [2.75, 3.05) is 5.75 Å². The van der Waals surface area contributed by atoms with Gasteiger partial charge in [0.05, 0.1) is 22.1 Å². The van der Waals surface area contributed by atoms with E-state index in [1.165, 1.54) is 18.2 Å². The Kier molecular flexibility index (Phi) is 4.82. The molecule has 0 saturated carbocycles. The van der Waals surface area contributed by atoms with Crippen LogP contribution < -0.4 is 0 Å². The Morgan fingerprint density at radius 2 is 1.81 bits per heavy atom. The van der Waals surface area contributed by atoms with E-state index < -0.39 is 15.4 Å². The molecule has 0 bridgehead atoms. The molecule has 3 aliphatic rings. The minimum absolute atomic E-state index is 0.0190. The maximum absolute atomic E-state index is 14.8. The highest BCUT2D eigenvalue weighted by Crippen LogP contribution is 2.41. The molecule has 2 aromatic carbocycles. The quantitative estimate of drug-likeness (QED) is 0.618. The highest BCUT2D eigenvalue weighted by Gasteiger charge is 2.48. The van der Waals surface area contributed by atoms with Crippen LogP contribution in [-0.4, -0.2) is 37.5 Å². The van der Waals surface area contributed by atoms with Gasteiger partial charge in [-0.25, -0.2) is 27.8 Å². The summed E-state index contributed by atoms with van der Waals surface area (Å²) in [6, 6.07) is 11.2. The molecular weight excluding hydrogens is 425 g/mol. The fourth-order valence-electron chi connectivity index (χ4n) is 4.28. The Balaban J connectivity index is 1.56. The summed E-state index contributed by atoms with van der Waals surface area (Å²) in [6.07, 6.45) is 8.87. The van der Waals surface area contributed by atoms with Crippen LogP contribution in [-0.2, 0) is 9.84 Å². The first-order valence-electron chi connectivity index (χ1n) is 10.6. The number of rotatable bonds is 5. The number of hydrogen-bond acceptors (Lipinski definition) is 5. The highest BCUT2D eigenvalue weighted by molar-refractivity contribution is 7.91. The van der Waals surface area contributed by atoms with Crippen molar-refractivity contribution in [2.24, 2.45) is 20.9 Å². The molecule has 2 aliphatic heterocycles. The van der Waals surface area contributed by atoms with Gasteiger partial charge in [-0.1, -0.05) is 38.1 Å². The second kappa shape index (κ2) is 7.45. The number of hydrogen-bond donors (Lipinski definition) is 0. The van der Waals surface area contributed by atoms with Crippen molar-refractivity contribution in [1.29, 1.82) is 0 Å². The lowest BCUT2D eigenvalue weighted by atomic mass is 9.82. The van der Waals surface area contributed by atoms with Gasteiger partial charge in [0.1, 0.15) is 17.9 Å². The number of aliphatic imine (C=N–C) groups is 3. The molecule has 2 aromatic rings. The largest absolute Gasteiger partial charge is 0.250 e. The normalized spacial score (nSPS) is 23.5. The van der Waals surface area contributed by atoms with E-state index in [1.54, 1.807) is 37.5 Å². The molecule has 5 nitrogen and oxygen atoms in total. The standard InChI is InChI=1S/C25H22FN3O2S/c1-3-16-11-12-25-22(13-16)29-23(24(25)27-15-28-25)18-7-10-21(26)20(14-18)17-5-8-19(9-6-17)32(30,31)4-2/h5-16H,3-4H2,1-2H3. The van der Waals surface area contributed by atoms with Gasteiger partial charge in [0.15, 0.2) is 15.4 Å². The fourth-order valence-corrected chi connectivity index (χ4v) is 5.16. The maximum atomic E-state index is 14.8. The SMILES string of the molecule is CCC1C=CC23N=CN=C2C(c2ccc(F)c(-c4ccc(S(=O)(=O)CC)cc4)c2)=NC3=C1. The van der Waals surface area contributed by atoms with Gasteiger partial charge in [0, 0.05) is 11.1 Å². The second-order valence-corrected chi connectivity index (χ2v) is 10.3. The third-order valence-electron chi connectivity index (χ3n) is 6.23. The Bertz CT molecular complexity index is 1370. The molecule has 162 valence electrons. The van der Waals surface area contributed by atoms with Gasteiger partial charge >= 0.3 is 0 Å². The minimum Gasteiger partial charge on any atom is -0.250 e. The summed E-state index contributed by atoms with van der Waals surface area (Å²) in [5, 5.41) is 0. The predicted octanol–water partition coefficient (Wildman–Crippen LogP) is 4.79. The summed E-state index contributed by atoms with van der Waals surface area (Å²) in [5.41, 5.74) is 3.33. The van der Waals surface area contributed by atoms with Crippen LogP contribution in [0.3, 0.4) is 0 Å². The molecule has 0 saturated heterocycles.